The number of hydrogen-bond acceptors (Lipinski definition) is 3. The molecule has 1 unspecified atom stereocenters. The summed E-state index contributed by atoms with van der Waals surface area (Å²) < 4.78 is 5.63. The Labute approximate surface area is 157 Å². The van der Waals surface area contributed by atoms with Crippen molar-refractivity contribution in [1.82, 2.24) is 15.5 Å². The zero-order valence-electron chi connectivity index (χ0n) is 16.2. The van der Waals surface area contributed by atoms with Crippen LogP contribution in [0.2, 0.25) is 0 Å². The highest BCUT2D eigenvalue weighted by Gasteiger charge is 2.23. The summed E-state index contributed by atoms with van der Waals surface area (Å²) in [5.74, 6) is 1.53. The van der Waals surface area contributed by atoms with Crippen molar-refractivity contribution in [3.05, 3.63) is 35.9 Å². The Kier molecular flexibility index (Phi) is 8.41. The number of methoxy groups -OCH3 is 1. The topological polar surface area (TPSA) is 66.0 Å². The first-order valence-electron chi connectivity index (χ1n) is 9.49. The van der Waals surface area contributed by atoms with E-state index in [9.17, 15) is 4.79 Å². The Hall–Kier alpha value is -2.08. The first-order chi connectivity index (χ1) is 12.7. The van der Waals surface area contributed by atoms with Crippen LogP contribution in [0.1, 0.15) is 37.9 Å². The van der Waals surface area contributed by atoms with Crippen molar-refractivity contribution < 1.29 is 9.53 Å². The second-order valence-corrected chi connectivity index (χ2v) is 6.64. The molecule has 1 aliphatic heterocycles. The Morgan fingerprint density at radius 3 is 2.58 bits per heavy atom. The number of nitrogens with zero attached hydrogens (tertiary/aromatic N) is 2. The van der Waals surface area contributed by atoms with Crippen LogP contribution < -0.4 is 10.6 Å². The molecule has 0 saturated carbocycles. The van der Waals surface area contributed by atoms with E-state index in [1.54, 1.807) is 14.2 Å². The fraction of sp³-hybridized carbons (Fsp3) is 0.600. The van der Waals surface area contributed by atoms with Crippen molar-refractivity contribution in [2.75, 3.05) is 40.3 Å². The van der Waals surface area contributed by atoms with Gasteiger partial charge >= 0.3 is 0 Å². The van der Waals surface area contributed by atoms with Crippen LogP contribution in [0.3, 0.4) is 0 Å². The molecule has 6 heteroatoms. The Bertz CT molecular complexity index is 568. The molecule has 0 aromatic heterocycles. The van der Waals surface area contributed by atoms with E-state index < -0.39 is 0 Å². The monoisotopic (exact) mass is 360 g/mol. The number of guanidine groups is 1. The number of likely N-dealkylation sites (tertiary alicyclic amines) is 1. The van der Waals surface area contributed by atoms with Gasteiger partial charge in [-0.05, 0) is 31.2 Å². The van der Waals surface area contributed by atoms with E-state index in [0.29, 0.717) is 18.9 Å². The van der Waals surface area contributed by atoms with Crippen LogP contribution in [0, 0.1) is 5.92 Å². The molecule has 6 nitrogen and oxygen atoms in total. The number of hydrogen-bond donors (Lipinski definition) is 2. The van der Waals surface area contributed by atoms with E-state index in [1.807, 2.05) is 18.2 Å². The van der Waals surface area contributed by atoms with Gasteiger partial charge in [0, 0.05) is 40.2 Å². The summed E-state index contributed by atoms with van der Waals surface area (Å²) in [4.78, 5) is 18.7. The van der Waals surface area contributed by atoms with Crippen LogP contribution in [-0.4, -0.2) is 57.1 Å². The summed E-state index contributed by atoms with van der Waals surface area (Å²) in [6.07, 6.45) is 2.61. The van der Waals surface area contributed by atoms with Gasteiger partial charge in [0.05, 0.1) is 6.54 Å². The smallest absolute Gasteiger partial charge is 0.220 e. The second kappa shape index (κ2) is 10.8. The number of nitrogens with one attached hydrogen (secondary N) is 2. The number of piperidine rings is 1. The number of carbonyl (C=O) groups excluding carboxylic acids is 1. The van der Waals surface area contributed by atoms with E-state index >= 15 is 0 Å². The minimum atomic E-state index is -0.0457. The maximum Gasteiger partial charge on any atom is 0.220 e. The fourth-order valence-electron chi connectivity index (χ4n) is 3.29. The molecule has 1 heterocycles. The van der Waals surface area contributed by atoms with E-state index in [1.165, 1.54) is 0 Å². The third kappa shape index (κ3) is 6.02. The molecule has 1 amide bonds. The number of amides is 1. The lowest BCUT2D eigenvalue weighted by Gasteiger charge is -2.34. The summed E-state index contributed by atoms with van der Waals surface area (Å²) in [5, 5.41) is 6.11. The van der Waals surface area contributed by atoms with Gasteiger partial charge in [0.1, 0.15) is 6.10 Å². The van der Waals surface area contributed by atoms with Crippen molar-refractivity contribution in [2.45, 2.75) is 32.3 Å². The van der Waals surface area contributed by atoms with Gasteiger partial charge in [-0.2, -0.15) is 0 Å². The van der Waals surface area contributed by atoms with Crippen molar-refractivity contribution >= 4 is 11.9 Å². The third-order valence-corrected chi connectivity index (χ3v) is 4.86. The van der Waals surface area contributed by atoms with Gasteiger partial charge in [-0.3, -0.25) is 9.79 Å². The maximum atomic E-state index is 11.6. The molecule has 0 spiro atoms. The van der Waals surface area contributed by atoms with Crippen molar-refractivity contribution in [3.63, 3.8) is 0 Å². The number of aliphatic imine (C=N–C) groups is 1. The molecular formula is C20H32N4O2. The highest BCUT2D eigenvalue weighted by molar-refractivity contribution is 5.80. The molecule has 144 valence electrons. The molecule has 1 aromatic rings. The van der Waals surface area contributed by atoms with Gasteiger partial charge < -0.3 is 20.3 Å². The van der Waals surface area contributed by atoms with E-state index in [4.69, 9.17) is 9.73 Å². The average Bonchev–Trinajstić information content (AvgIpc) is 2.69. The lowest BCUT2D eigenvalue weighted by atomic mass is 9.93. The molecule has 1 atom stereocenters. The number of rotatable bonds is 7. The average molecular weight is 361 g/mol. The summed E-state index contributed by atoms with van der Waals surface area (Å²) in [7, 11) is 3.43. The van der Waals surface area contributed by atoms with E-state index in [2.05, 4.69) is 34.6 Å². The lowest BCUT2D eigenvalue weighted by molar-refractivity contribution is -0.121. The minimum absolute atomic E-state index is 0.0457. The van der Waals surface area contributed by atoms with Gasteiger partial charge in [-0.25, -0.2) is 0 Å². The molecule has 2 rings (SSSR count). The van der Waals surface area contributed by atoms with Crippen molar-refractivity contribution in [2.24, 2.45) is 10.9 Å². The lowest BCUT2D eigenvalue weighted by Crippen LogP contribution is -2.46. The molecule has 0 radical (unpaired) electrons. The second-order valence-electron chi connectivity index (χ2n) is 6.64. The van der Waals surface area contributed by atoms with Crippen LogP contribution in [0.15, 0.2) is 35.3 Å². The summed E-state index contributed by atoms with van der Waals surface area (Å²) >= 11 is 0. The molecule has 0 aliphatic carbocycles. The Morgan fingerprint density at radius 2 is 2.00 bits per heavy atom. The number of carbonyl (C=O) groups is 1. The quantitative estimate of drug-likeness (QED) is 0.578. The predicted octanol–water partition coefficient (Wildman–Crippen LogP) is 2.19. The van der Waals surface area contributed by atoms with Gasteiger partial charge in [0.15, 0.2) is 5.96 Å². The summed E-state index contributed by atoms with van der Waals surface area (Å²) in [5.41, 5.74) is 1.14. The summed E-state index contributed by atoms with van der Waals surface area (Å²) in [6.45, 7) is 5.35. The zero-order valence-corrected chi connectivity index (χ0v) is 16.2. The van der Waals surface area contributed by atoms with Gasteiger partial charge in [0.2, 0.25) is 5.91 Å². The van der Waals surface area contributed by atoms with Gasteiger partial charge in [-0.1, -0.05) is 30.3 Å². The first-order valence-corrected chi connectivity index (χ1v) is 9.49. The third-order valence-electron chi connectivity index (χ3n) is 4.86. The summed E-state index contributed by atoms with van der Waals surface area (Å²) in [6, 6.07) is 10.2. The largest absolute Gasteiger partial charge is 0.375 e. The highest BCUT2D eigenvalue weighted by atomic mass is 16.5. The molecule has 26 heavy (non-hydrogen) atoms. The predicted molar refractivity (Wildman–Crippen MR) is 105 cm³/mol. The van der Waals surface area contributed by atoms with Crippen LogP contribution >= 0.6 is 0 Å². The highest BCUT2D eigenvalue weighted by Crippen LogP contribution is 2.21. The molecule has 1 aromatic carbocycles. The van der Waals surface area contributed by atoms with Gasteiger partial charge in [0.25, 0.3) is 0 Å². The zero-order chi connectivity index (χ0) is 18.8. The van der Waals surface area contributed by atoms with Crippen LogP contribution in [0.25, 0.3) is 0 Å². The molecule has 1 aliphatic rings. The first kappa shape index (κ1) is 20.2. The van der Waals surface area contributed by atoms with Crippen LogP contribution in [0.5, 0.6) is 0 Å². The molecule has 2 N–H and O–H groups in total. The maximum absolute atomic E-state index is 11.6. The van der Waals surface area contributed by atoms with E-state index in [-0.39, 0.29) is 12.0 Å². The molecular weight excluding hydrogens is 328 g/mol. The SMILES string of the molecule is CCNC(=NCC(OC)c1ccccc1)N1CCC(CC(=O)NC)CC1. The number of benzene rings is 1. The van der Waals surface area contributed by atoms with Crippen LogP contribution in [-0.2, 0) is 9.53 Å². The minimum Gasteiger partial charge on any atom is -0.375 e. The molecule has 1 saturated heterocycles. The number of ether oxygens (including phenoxy) is 1. The molecule has 0 bridgehead atoms. The van der Waals surface area contributed by atoms with Gasteiger partial charge in [-0.15, -0.1) is 0 Å². The standard InChI is InChI=1S/C20H32N4O2/c1-4-22-20(23-15-18(26-3)17-8-6-5-7-9-17)24-12-10-16(11-13-24)14-19(25)21-2/h5-9,16,18H,4,10-15H2,1-3H3,(H,21,25)(H,22,23). The fourth-order valence-corrected chi connectivity index (χ4v) is 3.29. The Balaban J connectivity index is 1.95. The van der Waals surface area contributed by atoms with Crippen molar-refractivity contribution in [1.29, 1.82) is 0 Å². The molecule has 1 fully saturated rings. The Morgan fingerprint density at radius 1 is 1.31 bits per heavy atom. The van der Waals surface area contributed by atoms with E-state index in [0.717, 1.165) is 44.0 Å². The normalized spacial score (nSPS) is 17.0. The van der Waals surface area contributed by atoms with Crippen molar-refractivity contribution in [3.8, 4) is 0 Å². The van der Waals surface area contributed by atoms with Crippen LogP contribution in [0.4, 0.5) is 0 Å².